The van der Waals surface area contributed by atoms with Crippen molar-refractivity contribution in [3.8, 4) is 5.75 Å². The van der Waals surface area contributed by atoms with Gasteiger partial charge in [-0.2, -0.15) is 0 Å². The molecule has 0 fully saturated rings. The second-order valence-corrected chi connectivity index (χ2v) is 6.61. The fourth-order valence-corrected chi connectivity index (χ4v) is 1.97. The molecule has 1 aromatic rings. The summed E-state index contributed by atoms with van der Waals surface area (Å²) in [7, 11) is 0. The van der Waals surface area contributed by atoms with E-state index in [1.807, 2.05) is 0 Å². The summed E-state index contributed by atoms with van der Waals surface area (Å²) >= 11 is 0. The Morgan fingerprint density at radius 3 is 2.37 bits per heavy atom. The Kier molecular flexibility index (Phi) is 5.86. The molecule has 0 aliphatic heterocycles. The standard InChI is InChI=1S/C17H29NO/c1-13-11-14(2)15(3)16(12-13)19-10-9-18-8-7-17(4,5)6/h11-12,18H,7-10H2,1-6H3. The van der Waals surface area contributed by atoms with E-state index in [0.29, 0.717) is 5.41 Å². The van der Waals surface area contributed by atoms with Gasteiger partial charge in [-0.1, -0.05) is 26.8 Å². The Bertz CT molecular complexity index is 404. The van der Waals surface area contributed by atoms with Crippen LogP contribution in [0.4, 0.5) is 0 Å². The van der Waals surface area contributed by atoms with Gasteiger partial charge in [-0.25, -0.2) is 0 Å². The van der Waals surface area contributed by atoms with Crippen LogP contribution in [0.2, 0.25) is 0 Å². The molecule has 0 aliphatic rings. The lowest BCUT2D eigenvalue weighted by atomic mass is 9.92. The first-order chi connectivity index (χ1) is 8.79. The van der Waals surface area contributed by atoms with E-state index in [-0.39, 0.29) is 0 Å². The first-order valence-corrected chi connectivity index (χ1v) is 7.21. The molecule has 19 heavy (non-hydrogen) atoms. The highest BCUT2D eigenvalue weighted by Crippen LogP contribution is 2.23. The third-order valence-corrected chi connectivity index (χ3v) is 3.35. The van der Waals surface area contributed by atoms with E-state index in [2.05, 4.69) is 59.0 Å². The van der Waals surface area contributed by atoms with Gasteiger partial charge in [-0.15, -0.1) is 0 Å². The van der Waals surface area contributed by atoms with Gasteiger partial charge in [0.25, 0.3) is 0 Å². The number of aryl methyl sites for hydroxylation is 2. The van der Waals surface area contributed by atoms with E-state index in [1.54, 1.807) is 0 Å². The highest BCUT2D eigenvalue weighted by molar-refractivity contribution is 5.41. The second kappa shape index (κ2) is 6.95. The third-order valence-electron chi connectivity index (χ3n) is 3.35. The van der Waals surface area contributed by atoms with Crippen LogP contribution in [0.15, 0.2) is 12.1 Å². The van der Waals surface area contributed by atoms with Gasteiger partial charge in [0, 0.05) is 6.54 Å². The minimum absolute atomic E-state index is 0.401. The number of nitrogens with one attached hydrogen (secondary N) is 1. The van der Waals surface area contributed by atoms with E-state index in [1.165, 1.54) is 23.1 Å². The Balaban J connectivity index is 2.30. The van der Waals surface area contributed by atoms with Crippen LogP contribution in [0.3, 0.4) is 0 Å². The molecule has 2 heteroatoms. The van der Waals surface area contributed by atoms with Crippen molar-refractivity contribution in [2.24, 2.45) is 5.41 Å². The van der Waals surface area contributed by atoms with Gasteiger partial charge in [0.1, 0.15) is 12.4 Å². The number of hydrogen-bond donors (Lipinski definition) is 1. The maximum atomic E-state index is 5.87. The molecule has 0 radical (unpaired) electrons. The lowest BCUT2D eigenvalue weighted by Crippen LogP contribution is -2.25. The number of rotatable bonds is 6. The highest BCUT2D eigenvalue weighted by atomic mass is 16.5. The molecule has 0 saturated heterocycles. The quantitative estimate of drug-likeness (QED) is 0.783. The second-order valence-electron chi connectivity index (χ2n) is 6.61. The molecule has 0 bridgehead atoms. The lowest BCUT2D eigenvalue weighted by Gasteiger charge is -2.18. The minimum Gasteiger partial charge on any atom is -0.492 e. The predicted molar refractivity (Wildman–Crippen MR) is 83.1 cm³/mol. The van der Waals surface area contributed by atoms with Gasteiger partial charge in [-0.3, -0.25) is 0 Å². The molecule has 0 amide bonds. The molecule has 0 saturated carbocycles. The van der Waals surface area contributed by atoms with Crippen molar-refractivity contribution in [1.29, 1.82) is 0 Å². The van der Waals surface area contributed by atoms with Crippen LogP contribution < -0.4 is 10.1 Å². The fraction of sp³-hybridized carbons (Fsp3) is 0.647. The van der Waals surface area contributed by atoms with E-state index < -0.39 is 0 Å². The highest BCUT2D eigenvalue weighted by Gasteiger charge is 2.08. The predicted octanol–water partition coefficient (Wildman–Crippen LogP) is 4.02. The van der Waals surface area contributed by atoms with E-state index >= 15 is 0 Å². The summed E-state index contributed by atoms with van der Waals surface area (Å²) < 4.78 is 5.87. The van der Waals surface area contributed by atoms with Crippen molar-refractivity contribution >= 4 is 0 Å². The molecule has 1 rings (SSSR count). The third kappa shape index (κ3) is 6.11. The van der Waals surface area contributed by atoms with Gasteiger partial charge in [0.15, 0.2) is 0 Å². The molecule has 0 aliphatic carbocycles. The van der Waals surface area contributed by atoms with Crippen molar-refractivity contribution < 1.29 is 4.74 Å². The average molecular weight is 263 g/mol. The molecule has 0 aromatic heterocycles. The van der Waals surface area contributed by atoms with Crippen molar-refractivity contribution in [3.05, 3.63) is 28.8 Å². The van der Waals surface area contributed by atoms with Crippen LogP contribution >= 0.6 is 0 Å². The van der Waals surface area contributed by atoms with E-state index in [0.717, 1.165) is 25.4 Å². The zero-order chi connectivity index (χ0) is 14.5. The van der Waals surface area contributed by atoms with E-state index in [4.69, 9.17) is 4.74 Å². The molecular weight excluding hydrogens is 234 g/mol. The Hall–Kier alpha value is -1.02. The Morgan fingerprint density at radius 2 is 1.74 bits per heavy atom. The molecule has 1 N–H and O–H groups in total. The smallest absolute Gasteiger partial charge is 0.122 e. The Labute approximate surface area is 118 Å². The van der Waals surface area contributed by atoms with Crippen molar-refractivity contribution in [2.45, 2.75) is 48.0 Å². The SMILES string of the molecule is Cc1cc(C)c(C)c(OCCNCCC(C)(C)C)c1. The minimum atomic E-state index is 0.401. The van der Waals surface area contributed by atoms with Crippen LogP contribution in [-0.2, 0) is 0 Å². The maximum Gasteiger partial charge on any atom is 0.122 e. The largest absolute Gasteiger partial charge is 0.492 e. The first-order valence-electron chi connectivity index (χ1n) is 7.21. The summed E-state index contributed by atoms with van der Waals surface area (Å²) in [5.41, 5.74) is 4.22. The normalized spacial score (nSPS) is 11.7. The van der Waals surface area contributed by atoms with Crippen LogP contribution in [0.25, 0.3) is 0 Å². The van der Waals surface area contributed by atoms with Gasteiger partial charge in [-0.05, 0) is 61.9 Å². The Morgan fingerprint density at radius 1 is 1.05 bits per heavy atom. The summed E-state index contributed by atoms with van der Waals surface area (Å²) in [5.74, 6) is 1.02. The molecule has 0 heterocycles. The average Bonchev–Trinajstić information content (AvgIpc) is 2.28. The maximum absolute atomic E-state index is 5.87. The van der Waals surface area contributed by atoms with Crippen LogP contribution in [-0.4, -0.2) is 19.7 Å². The zero-order valence-corrected chi connectivity index (χ0v) is 13.4. The number of benzene rings is 1. The monoisotopic (exact) mass is 263 g/mol. The first kappa shape index (κ1) is 16.0. The summed E-state index contributed by atoms with van der Waals surface area (Å²) in [4.78, 5) is 0. The molecular formula is C17H29NO. The van der Waals surface area contributed by atoms with Gasteiger partial charge >= 0.3 is 0 Å². The number of ether oxygens (including phenoxy) is 1. The summed E-state index contributed by atoms with van der Waals surface area (Å²) in [6.45, 7) is 15.9. The van der Waals surface area contributed by atoms with E-state index in [9.17, 15) is 0 Å². The van der Waals surface area contributed by atoms with Crippen molar-refractivity contribution in [3.63, 3.8) is 0 Å². The van der Waals surface area contributed by atoms with Crippen LogP contribution in [0.5, 0.6) is 5.75 Å². The molecule has 0 spiro atoms. The topological polar surface area (TPSA) is 21.3 Å². The van der Waals surface area contributed by atoms with Gasteiger partial charge in [0.2, 0.25) is 0 Å². The van der Waals surface area contributed by atoms with Crippen molar-refractivity contribution in [1.82, 2.24) is 5.32 Å². The molecule has 0 unspecified atom stereocenters. The van der Waals surface area contributed by atoms with Gasteiger partial charge in [0.05, 0.1) is 0 Å². The lowest BCUT2D eigenvalue weighted by molar-refractivity contribution is 0.302. The van der Waals surface area contributed by atoms with Crippen LogP contribution in [0, 0.1) is 26.2 Å². The summed E-state index contributed by atoms with van der Waals surface area (Å²) in [6.07, 6.45) is 1.19. The molecule has 2 nitrogen and oxygen atoms in total. The fourth-order valence-electron chi connectivity index (χ4n) is 1.97. The molecule has 0 atom stereocenters. The summed E-state index contributed by atoms with van der Waals surface area (Å²) in [5, 5.41) is 3.44. The molecule has 108 valence electrons. The summed E-state index contributed by atoms with van der Waals surface area (Å²) in [6, 6.07) is 4.32. The van der Waals surface area contributed by atoms with Crippen molar-refractivity contribution in [2.75, 3.05) is 19.7 Å². The number of hydrogen-bond acceptors (Lipinski definition) is 2. The zero-order valence-electron chi connectivity index (χ0n) is 13.4. The van der Waals surface area contributed by atoms with Gasteiger partial charge < -0.3 is 10.1 Å². The van der Waals surface area contributed by atoms with Crippen LogP contribution in [0.1, 0.15) is 43.9 Å². The molecule has 1 aromatic carbocycles.